The number of amides is 2. The predicted molar refractivity (Wildman–Crippen MR) is 103 cm³/mol. The molecule has 0 saturated carbocycles. The highest BCUT2D eigenvalue weighted by molar-refractivity contribution is 5.73. The van der Waals surface area contributed by atoms with Gasteiger partial charge in [-0.15, -0.1) is 0 Å². The van der Waals surface area contributed by atoms with Crippen LogP contribution in [0.1, 0.15) is 34.1 Å². The van der Waals surface area contributed by atoms with Gasteiger partial charge in [-0.1, -0.05) is 32.0 Å². The molecule has 1 aromatic rings. The molecule has 1 aliphatic heterocycles. The fraction of sp³-hybridized carbons (Fsp3) is 0.632. The smallest absolute Gasteiger partial charge is 0.314 e. The topological polar surface area (TPSA) is 47.6 Å². The van der Waals surface area contributed by atoms with Gasteiger partial charge in [-0.3, -0.25) is 4.90 Å². The summed E-state index contributed by atoms with van der Waals surface area (Å²) in [6, 6.07) is 11.1. The summed E-state index contributed by atoms with van der Waals surface area (Å²) in [7, 11) is 0. The number of benzene rings is 1. The number of hydrogen-bond acceptors (Lipinski definition) is 3. The number of carbonyl (C=O) groups is 1. The normalized spacial score (nSPS) is 17.7. The molecule has 1 aliphatic rings. The van der Waals surface area contributed by atoms with Crippen LogP contribution in [0.3, 0.4) is 0 Å². The van der Waals surface area contributed by atoms with E-state index < -0.39 is 0 Å². The summed E-state index contributed by atoms with van der Waals surface area (Å²) in [6.07, 6.45) is 0.995. The van der Waals surface area contributed by atoms with Gasteiger partial charge < -0.3 is 15.5 Å². The summed E-state index contributed by atoms with van der Waals surface area (Å²) in [6.45, 7) is 13.9. The first-order valence-corrected chi connectivity index (χ1v) is 9.26. The lowest BCUT2D eigenvalue weighted by atomic mass is 10.1. The number of urea groups is 1. The highest BCUT2D eigenvalue weighted by atomic mass is 16.2. The standard InChI is InChI=1S/C17H28N4O.C2H6/c1-3-18-17(22)19-10-7-11-20-12-13-21(15(2)14-20)16-8-5-4-6-9-16;1-2/h4-6,8-9,15H,3,7,10-14H2,1-2H3,(H2,18,19,22);1-2H3. The molecular formula is C19H34N4O. The van der Waals surface area contributed by atoms with Crippen molar-refractivity contribution in [1.82, 2.24) is 15.5 Å². The summed E-state index contributed by atoms with van der Waals surface area (Å²) >= 11 is 0. The first-order valence-electron chi connectivity index (χ1n) is 9.26. The Morgan fingerprint density at radius 2 is 1.88 bits per heavy atom. The summed E-state index contributed by atoms with van der Waals surface area (Å²) < 4.78 is 0. The van der Waals surface area contributed by atoms with E-state index in [9.17, 15) is 4.79 Å². The van der Waals surface area contributed by atoms with Crippen LogP contribution in [0.5, 0.6) is 0 Å². The quantitative estimate of drug-likeness (QED) is 0.787. The number of rotatable bonds is 6. The lowest BCUT2D eigenvalue weighted by molar-refractivity contribution is 0.222. The third-order valence-corrected chi connectivity index (χ3v) is 4.07. The largest absolute Gasteiger partial charge is 0.366 e. The number of nitrogens with one attached hydrogen (secondary N) is 2. The van der Waals surface area contributed by atoms with Crippen molar-refractivity contribution in [3.63, 3.8) is 0 Å². The molecular weight excluding hydrogens is 300 g/mol. The molecule has 0 spiro atoms. The summed E-state index contributed by atoms with van der Waals surface area (Å²) in [5.74, 6) is 0. The Balaban J connectivity index is 0.00000139. The van der Waals surface area contributed by atoms with E-state index in [1.54, 1.807) is 0 Å². The van der Waals surface area contributed by atoms with Crippen molar-refractivity contribution in [2.24, 2.45) is 0 Å². The van der Waals surface area contributed by atoms with Crippen LogP contribution in [0.4, 0.5) is 10.5 Å². The van der Waals surface area contributed by atoms with Crippen molar-refractivity contribution in [3.8, 4) is 0 Å². The molecule has 5 heteroatoms. The second kappa shape index (κ2) is 11.7. The third kappa shape index (κ3) is 6.79. The monoisotopic (exact) mass is 334 g/mol. The van der Waals surface area contributed by atoms with Crippen molar-refractivity contribution in [1.29, 1.82) is 0 Å². The molecule has 0 bridgehead atoms. The van der Waals surface area contributed by atoms with E-state index in [-0.39, 0.29) is 6.03 Å². The van der Waals surface area contributed by atoms with Crippen molar-refractivity contribution < 1.29 is 4.79 Å². The van der Waals surface area contributed by atoms with Gasteiger partial charge in [0.2, 0.25) is 0 Å². The zero-order chi connectivity index (χ0) is 17.8. The lowest BCUT2D eigenvalue weighted by Crippen LogP contribution is -2.52. The maximum Gasteiger partial charge on any atom is 0.314 e. The maximum absolute atomic E-state index is 11.3. The van der Waals surface area contributed by atoms with Gasteiger partial charge in [0.1, 0.15) is 0 Å². The number of nitrogens with zero attached hydrogens (tertiary/aromatic N) is 2. The molecule has 0 radical (unpaired) electrons. The van der Waals surface area contributed by atoms with Crippen molar-refractivity contribution >= 4 is 11.7 Å². The molecule has 1 atom stereocenters. The van der Waals surface area contributed by atoms with E-state index in [1.807, 2.05) is 20.8 Å². The molecule has 0 aromatic heterocycles. The Morgan fingerprint density at radius 3 is 2.50 bits per heavy atom. The number of anilines is 1. The van der Waals surface area contributed by atoms with Crippen LogP contribution in [0.25, 0.3) is 0 Å². The van der Waals surface area contributed by atoms with Crippen LogP contribution < -0.4 is 15.5 Å². The van der Waals surface area contributed by atoms with E-state index in [4.69, 9.17) is 0 Å². The SMILES string of the molecule is CC.CCNC(=O)NCCCN1CCN(c2ccccc2)C(C)C1. The molecule has 2 amide bonds. The average molecular weight is 335 g/mol. The van der Waals surface area contributed by atoms with Crippen LogP contribution in [-0.2, 0) is 0 Å². The number of piperazine rings is 1. The Bertz CT molecular complexity index is 452. The Kier molecular flexibility index (Phi) is 9.92. The van der Waals surface area contributed by atoms with E-state index in [1.165, 1.54) is 5.69 Å². The molecule has 1 fully saturated rings. The number of carbonyl (C=O) groups excluding carboxylic acids is 1. The fourth-order valence-electron chi connectivity index (χ4n) is 2.97. The van der Waals surface area contributed by atoms with Gasteiger partial charge in [0.15, 0.2) is 0 Å². The first kappa shape index (κ1) is 20.3. The van der Waals surface area contributed by atoms with Crippen LogP contribution >= 0.6 is 0 Å². The third-order valence-electron chi connectivity index (χ3n) is 4.07. The van der Waals surface area contributed by atoms with E-state index in [0.29, 0.717) is 12.6 Å². The minimum Gasteiger partial charge on any atom is -0.366 e. The minimum atomic E-state index is -0.0650. The Labute approximate surface area is 147 Å². The second-order valence-electron chi connectivity index (χ2n) is 5.82. The lowest BCUT2D eigenvalue weighted by Gasteiger charge is -2.41. The predicted octanol–water partition coefficient (Wildman–Crippen LogP) is 2.93. The number of hydrogen-bond donors (Lipinski definition) is 2. The Morgan fingerprint density at radius 1 is 1.17 bits per heavy atom. The molecule has 1 heterocycles. The fourth-order valence-corrected chi connectivity index (χ4v) is 2.97. The van der Waals surface area contributed by atoms with E-state index in [2.05, 4.69) is 57.7 Å². The summed E-state index contributed by atoms with van der Waals surface area (Å²) in [4.78, 5) is 16.3. The Hall–Kier alpha value is -1.75. The van der Waals surface area contributed by atoms with Gasteiger partial charge in [0.05, 0.1) is 0 Å². The summed E-state index contributed by atoms with van der Waals surface area (Å²) in [5, 5.41) is 5.63. The van der Waals surface area contributed by atoms with Crippen molar-refractivity contribution in [2.75, 3.05) is 44.2 Å². The molecule has 2 N–H and O–H groups in total. The molecule has 24 heavy (non-hydrogen) atoms. The molecule has 5 nitrogen and oxygen atoms in total. The van der Waals surface area contributed by atoms with Crippen LogP contribution in [0.2, 0.25) is 0 Å². The van der Waals surface area contributed by atoms with Gasteiger partial charge in [0.25, 0.3) is 0 Å². The average Bonchev–Trinajstić information content (AvgIpc) is 2.62. The van der Waals surface area contributed by atoms with Crippen molar-refractivity contribution in [2.45, 2.75) is 40.2 Å². The molecule has 1 aromatic carbocycles. The second-order valence-corrected chi connectivity index (χ2v) is 5.82. The highest BCUT2D eigenvalue weighted by Crippen LogP contribution is 2.19. The van der Waals surface area contributed by atoms with Gasteiger partial charge in [-0.05, 0) is 38.9 Å². The zero-order valence-corrected chi connectivity index (χ0v) is 15.7. The van der Waals surface area contributed by atoms with Crippen LogP contribution in [-0.4, -0.2) is 56.2 Å². The van der Waals surface area contributed by atoms with Gasteiger partial charge >= 0.3 is 6.03 Å². The zero-order valence-electron chi connectivity index (χ0n) is 15.7. The first-order chi connectivity index (χ1) is 11.7. The van der Waals surface area contributed by atoms with E-state index in [0.717, 1.165) is 39.1 Å². The minimum absolute atomic E-state index is 0.0650. The van der Waals surface area contributed by atoms with Crippen LogP contribution in [0.15, 0.2) is 30.3 Å². The van der Waals surface area contributed by atoms with Crippen molar-refractivity contribution in [3.05, 3.63) is 30.3 Å². The molecule has 1 saturated heterocycles. The van der Waals surface area contributed by atoms with Crippen LogP contribution in [0, 0.1) is 0 Å². The van der Waals surface area contributed by atoms with Gasteiger partial charge in [0, 0.05) is 44.5 Å². The maximum atomic E-state index is 11.3. The molecule has 2 rings (SSSR count). The van der Waals surface area contributed by atoms with E-state index >= 15 is 0 Å². The highest BCUT2D eigenvalue weighted by Gasteiger charge is 2.23. The summed E-state index contributed by atoms with van der Waals surface area (Å²) in [5.41, 5.74) is 1.31. The molecule has 1 unspecified atom stereocenters. The molecule has 136 valence electrons. The number of para-hydroxylation sites is 1. The van der Waals surface area contributed by atoms with Gasteiger partial charge in [-0.2, -0.15) is 0 Å². The van der Waals surface area contributed by atoms with Gasteiger partial charge in [-0.25, -0.2) is 4.79 Å². The molecule has 0 aliphatic carbocycles.